The SMILES string of the molecule is O=C(NCCCl)c1ccn2cncc2c1. The van der Waals surface area contributed by atoms with E-state index < -0.39 is 0 Å². The van der Waals surface area contributed by atoms with Gasteiger partial charge in [-0.2, -0.15) is 0 Å². The molecule has 0 bridgehead atoms. The van der Waals surface area contributed by atoms with Gasteiger partial charge in [0.2, 0.25) is 0 Å². The molecule has 2 rings (SSSR count). The zero-order valence-electron chi connectivity index (χ0n) is 7.98. The number of halogens is 1. The summed E-state index contributed by atoms with van der Waals surface area (Å²) in [5, 5.41) is 2.70. The average Bonchev–Trinajstić information content (AvgIpc) is 2.72. The molecule has 1 N–H and O–H groups in total. The van der Waals surface area contributed by atoms with Gasteiger partial charge in [0.05, 0.1) is 18.0 Å². The van der Waals surface area contributed by atoms with Crippen LogP contribution in [0.15, 0.2) is 30.9 Å². The molecule has 0 aliphatic carbocycles. The Bertz CT molecular complexity index is 480. The molecule has 0 atom stereocenters. The van der Waals surface area contributed by atoms with E-state index in [1.54, 1.807) is 30.9 Å². The Hall–Kier alpha value is -1.55. The number of nitrogens with zero attached hydrogens (tertiary/aromatic N) is 2. The van der Waals surface area contributed by atoms with E-state index in [-0.39, 0.29) is 5.91 Å². The molecule has 2 aromatic heterocycles. The molecule has 1 amide bonds. The van der Waals surface area contributed by atoms with E-state index in [1.807, 2.05) is 4.40 Å². The van der Waals surface area contributed by atoms with Crippen molar-refractivity contribution in [3.8, 4) is 0 Å². The van der Waals surface area contributed by atoms with Crippen LogP contribution in [-0.4, -0.2) is 27.7 Å². The van der Waals surface area contributed by atoms with Gasteiger partial charge in [-0.05, 0) is 12.1 Å². The van der Waals surface area contributed by atoms with Gasteiger partial charge < -0.3 is 9.72 Å². The molecule has 0 saturated heterocycles. The molecule has 0 aliphatic heterocycles. The van der Waals surface area contributed by atoms with Crippen molar-refractivity contribution in [2.45, 2.75) is 0 Å². The van der Waals surface area contributed by atoms with Crippen LogP contribution in [0, 0.1) is 0 Å². The minimum absolute atomic E-state index is 0.112. The van der Waals surface area contributed by atoms with Crippen LogP contribution in [0.3, 0.4) is 0 Å². The Balaban J connectivity index is 2.23. The maximum atomic E-state index is 11.6. The van der Waals surface area contributed by atoms with E-state index in [0.29, 0.717) is 18.0 Å². The number of nitrogens with one attached hydrogen (secondary N) is 1. The second kappa shape index (κ2) is 4.31. The standard InChI is InChI=1S/C10H10ClN3O/c11-2-3-13-10(15)8-1-4-14-7-12-6-9(14)5-8/h1,4-7H,2-3H2,(H,13,15). The van der Waals surface area contributed by atoms with Gasteiger partial charge in [-0.25, -0.2) is 4.98 Å². The van der Waals surface area contributed by atoms with Gasteiger partial charge in [-0.15, -0.1) is 11.6 Å². The molecule has 0 spiro atoms. The largest absolute Gasteiger partial charge is 0.351 e. The fraction of sp³-hybridized carbons (Fsp3) is 0.200. The van der Waals surface area contributed by atoms with Gasteiger partial charge in [0.25, 0.3) is 5.91 Å². The second-order valence-corrected chi connectivity index (χ2v) is 3.46. The topological polar surface area (TPSA) is 46.4 Å². The molecule has 0 saturated carbocycles. The molecular weight excluding hydrogens is 214 g/mol. The number of hydrogen-bond donors (Lipinski definition) is 1. The summed E-state index contributed by atoms with van der Waals surface area (Å²) in [6.45, 7) is 0.477. The van der Waals surface area contributed by atoms with Crippen molar-refractivity contribution < 1.29 is 4.79 Å². The molecule has 2 heterocycles. The van der Waals surface area contributed by atoms with Crippen molar-refractivity contribution >= 4 is 23.0 Å². The van der Waals surface area contributed by atoms with E-state index in [9.17, 15) is 4.79 Å². The average molecular weight is 224 g/mol. The Morgan fingerprint density at radius 1 is 1.60 bits per heavy atom. The predicted octanol–water partition coefficient (Wildman–Crippen LogP) is 1.30. The normalized spacial score (nSPS) is 10.5. The molecule has 78 valence electrons. The van der Waals surface area contributed by atoms with Crippen molar-refractivity contribution in [3.63, 3.8) is 0 Å². The summed E-state index contributed by atoms with van der Waals surface area (Å²) in [6, 6.07) is 3.54. The number of alkyl halides is 1. The molecule has 0 aromatic carbocycles. The summed E-state index contributed by atoms with van der Waals surface area (Å²) in [4.78, 5) is 15.5. The quantitative estimate of drug-likeness (QED) is 0.798. The van der Waals surface area contributed by atoms with Gasteiger partial charge in [0, 0.05) is 24.2 Å². The van der Waals surface area contributed by atoms with Crippen LogP contribution in [0.2, 0.25) is 0 Å². The van der Waals surface area contributed by atoms with Gasteiger partial charge in [0.1, 0.15) is 0 Å². The second-order valence-electron chi connectivity index (χ2n) is 3.09. The van der Waals surface area contributed by atoms with Crippen LogP contribution in [0.25, 0.3) is 5.52 Å². The molecule has 4 nitrogen and oxygen atoms in total. The zero-order chi connectivity index (χ0) is 10.7. The first-order chi connectivity index (χ1) is 7.31. The number of imidazole rings is 1. The van der Waals surface area contributed by atoms with Crippen molar-refractivity contribution in [1.29, 1.82) is 0 Å². The Morgan fingerprint density at radius 3 is 3.27 bits per heavy atom. The predicted molar refractivity (Wildman–Crippen MR) is 58.2 cm³/mol. The van der Waals surface area contributed by atoms with E-state index in [0.717, 1.165) is 5.52 Å². The van der Waals surface area contributed by atoms with Gasteiger partial charge in [-0.3, -0.25) is 4.79 Å². The maximum Gasteiger partial charge on any atom is 0.251 e. The number of amides is 1. The number of pyridine rings is 1. The molecule has 5 heteroatoms. The number of fused-ring (bicyclic) bond motifs is 1. The highest BCUT2D eigenvalue weighted by Crippen LogP contribution is 2.06. The van der Waals surface area contributed by atoms with Crippen LogP contribution < -0.4 is 5.32 Å². The van der Waals surface area contributed by atoms with E-state index in [2.05, 4.69) is 10.3 Å². The third-order valence-corrected chi connectivity index (χ3v) is 2.25. The molecule has 0 aliphatic rings. The maximum absolute atomic E-state index is 11.6. The Kier molecular flexibility index (Phi) is 2.87. The first-order valence-corrected chi connectivity index (χ1v) is 5.10. The van der Waals surface area contributed by atoms with Crippen molar-refractivity contribution in [3.05, 3.63) is 36.4 Å². The number of hydrogen-bond acceptors (Lipinski definition) is 2. The molecule has 0 unspecified atom stereocenters. The summed E-state index contributed by atoms with van der Waals surface area (Å²) < 4.78 is 1.85. The fourth-order valence-electron chi connectivity index (χ4n) is 1.32. The monoisotopic (exact) mass is 223 g/mol. The van der Waals surface area contributed by atoms with Gasteiger partial charge >= 0.3 is 0 Å². The lowest BCUT2D eigenvalue weighted by molar-refractivity contribution is 0.0956. The Morgan fingerprint density at radius 2 is 2.47 bits per heavy atom. The summed E-state index contributed by atoms with van der Waals surface area (Å²) in [5.41, 5.74) is 1.52. The summed E-state index contributed by atoms with van der Waals surface area (Å²) in [5.74, 6) is 0.306. The smallest absolute Gasteiger partial charge is 0.251 e. The number of carbonyl (C=O) groups excluding carboxylic acids is 1. The zero-order valence-corrected chi connectivity index (χ0v) is 8.74. The molecule has 15 heavy (non-hydrogen) atoms. The lowest BCUT2D eigenvalue weighted by Crippen LogP contribution is -2.25. The molecular formula is C10H10ClN3O. The number of carbonyl (C=O) groups is 1. The first kappa shape index (κ1) is 9.98. The van der Waals surface area contributed by atoms with Crippen molar-refractivity contribution in [2.24, 2.45) is 0 Å². The summed E-state index contributed by atoms with van der Waals surface area (Å²) in [7, 11) is 0. The highest BCUT2D eigenvalue weighted by Gasteiger charge is 2.05. The fourth-order valence-corrected chi connectivity index (χ4v) is 1.42. The third-order valence-electron chi connectivity index (χ3n) is 2.06. The van der Waals surface area contributed by atoms with Crippen LogP contribution in [-0.2, 0) is 0 Å². The number of aromatic nitrogens is 2. The van der Waals surface area contributed by atoms with Gasteiger partial charge in [0.15, 0.2) is 0 Å². The van der Waals surface area contributed by atoms with E-state index in [4.69, 9.17) is 11.6 Å². The highest BCUT2D eigenvalue weighted by molar-refractivity contribution is 6.18. The molecule has 0 fully saturated rings. The molecule has 0 radical (unpaired) electrons. The number of rotatable bonds is 3. The van der Waals surface area contributed by atoms with Crippen molar-refractivity contribution in [2.75, 3.05) is 12.4 Å². The van der Waals surface area contributed by atoms with Crippen molar-refractivity contribution in [1.82, 2.24) is 14.7 Å². The minimum Gasteiger partial charge on any atom is -0.351 e. The third kappa shape index (κ3) is 2.10. The first-order valence-electron chi connectivity index (χ1n) is 4.57. The summed E-state index contributed by atoms with van der Waals surface area (Å²) >= 11 is 5.48. The lowest BCUT2D eigenvalue weighted by Gasteiger charge is -2.03. The highest BCUT2D eigenvalue weighted by atomic mass is 35.5. The van der Waals surface area contributed by atoms with Crippen LogP contribution in [0.1, 0.15) is 10.4 Å². The Labute approximate surface area is 91.9 Å². The lowest BCUT2D eigenvalue weighted by atomic mass is 10.2. The summed E-state index contributed by atoms with van der Waals surface area (Å²) in [6.07, 6.45) is 5.20. The minimum atomic E-state index is -0.112. The van der Waals surface area contributed by atoms with Crippen LogP contribution >= 0.6 is 11.6 Å². The van der Waals surface area contributed by atoms with E-state index >= 15 is 0 Å². The van der Waals surface area contributed by atoms with Gasteiger partial charge in [-0.1, -0.05) is 0 Å². The van der Waals surface area contributed by atoms with Crippen LogP contribution in [0.5, 0.6) is 0 Å². The van der Waals surface area contributed by atoms with E-state index in [1.165, 1.54) is 0 Å². The molecule has 2 aromatic rings. The van der Waals surface area contributed by atoms with Crippen LogP contribution in [0.4, 0.5) is 0 Å².